The molecule has 1 aromatic heterocycles. The van der Waals surface area contributed by atoms with Crippen molar-refractivity contribution >= 4 is 17.7 Å². The van der Waals surface area contributed by atoms with E-state index in [1.54, 1.807) is 13.3 Å². The van der Waals surface area contributed by atoms with Gasteiger partial charge < -0.3 is 14.4 Å². The zero-order valence-corrected chi connectivity index (χ0v) is 12.9. The van der Waals surface area contributed by atoms with Gasteiger partial charge in [-0.15, -0.1) is 0 Å². The number of aromatic nitrogens is 2. The van der Waals surface area contributed by atoms with Gasteiger partial charge in [-0.1, -0.05) is 23.9 Å². The van der Waals surface area contributed by atoms with Crippen molar-refractivity contribution in [3.63, 3.8) is 0 Å². The predicted molar refractivity (Wildman–Crippen MR) is 82.0 cm³/mol. The van der Waals surface area contributed by atoms with E-state index in [1.165, 1.54) is 17.3 Å². The Labute approximate surface area is 128 Å². The van der Waals surface area contributed by atoms with Crippen LogP contribution in [0.25, 0.3) is 0 Å². The number of carbonyl (C=O) groups is 1. The number of carboxylic acids is 1. The largest absolute Gasteiger partial charge is 0.497 e. The summed E-state index contributed by atoms with van der Waals surface area (Å²) in [4.78, 5) is 14.9. The van der Waals surface area contributed by atoms with E-state index >= 15 is 0 Å². The number of nitrogens with zero attached hydrogens (tertiary/aromatic N) is 2. The second-order valence-electron chi connectivity index (χ2n) is 4.62. The Balaban J connectivity index is 2.05. The topological polar surface area (TPSA) is 64.4 Å². The Bertz CT molecular complexity index is 625. The van der Waals surface area contributed by atoms with Crippen molar-refractivity contribution in [2.45, 2.75) is 25.0 Å². The van der Waals surface area contributed by atoms with Crippen LogP contribution in [0.1, 0.15) is 11.3 Å². The molecule has 1 heterocycles. The van der Waals surface area contributed by atoms with Crippen LogP contribution in [0.4, 0.5) is 0 Å². The second kappa shape index (κ2) is 7.17. The van der Waals surface area contributed by atoms with Gasteiger partial charge in [0.05, 0.1) is 12.9 Å². The first-order valence-electron chi connectivity index (χ1n) is 6.60. The highest BCUT2D eigenvalue weighted by Gasteiger charge is 2.09. The third-order valence-electron chi connectivity index (χ3n) is 3.10. The molecule has 0 atom stereocenters. The van der Waals surface area contributed by atoms with E-state index in [1.807, 2.05) is 29.7 Å². The van der Waals surface area contributed by atoms with Crippen LogP contribution >= 0.6 is 11.8 Å². The zero-order valence-electron chi connectivity index (χ0n) is 12.1. The number of aliphatic carboxylic acids is 1. The summed E-state index contributed by atoms with van der Waals surface area (Å²) in [7, 11) is 1.65. The molecule has 0 radical (unpaired) electrons. The van der Waals surface area contributed by atoms with E-state index < -0.39 is 5.97 Å². The molecule has 0 unspecified atom stereocenters. The highest BCUT2D eigenvalue weighted by molar-refractivity contribution is 7.99. The summed E-state index contributed by atoms with van der Waals surface area (Å²) in [5.41, 5.74) is 2.21. The fraction of sp³-hybridized carbons (Fsp3) is 0.333. The number of hydrogen-bond acceptors (Lipinski definition) is 4. The monoisotopic (exact) mass is 306 g/mol. The number of hydrogen-bond donors (Lipinski definition) is 1. The molecule has 21 heavy (non-hydrogen) atoms. The highest BCUT2D eigenvalue weighted by atomic mass is 32.2. The van der Waals surface area contributed by atoms with E-state index in [2.05, 4.69) is 11.1 Å². The molecule has 0 aliphatic rings. The maximum Gasteiger partial charge on any atom is 0.313 e. The molecule has 1 aromatic carbocycles. The van der Waals surface area contributed by atoms with E-state index in [0.717, 1.165) is 29.6 Å². The molecule has 5 nitrogen and oxygen atoms in total. The first kappa shape index (κ1) is 15.4. The lowest BCUT2D eigenvalue weighted by Gasteiger charge is -2.10. The number of carboxylic acid groups (broad SMARTS) is 1. The first-order chi connectivity index (χ1) is 10.1. The van der Waals surface area contributed by atoms with Gasteiger partial charge in [0, 0.05) is 18.4 Å². The fourth-order valence-electron chi connectivity index (χ4n) is 2.02. The molecule has 2 aromatic rings. The van der Waals surface area contributed by atoms with Gasteiger partial charge in [0.2, 0.25) is 0 Å². The number of aryl methyl sites for hydroxylation is 2. The molecule has 0 aliphatic carbocycles. The highest BCUT2D eigenvalue weighted by Crippen LogP contribution is 2.20. The lowest BCUT2D eigenvalue weighted by molar-refractivity contribution is -0.133. The predicted octanol–water partition coefficient (Wildman–Crippen LogP) is 2.62. The minimum atomic E-state index is -0.833. The van der Waals surface area contributed by atoms with Gasteiger partial charge in [-0.05, 0) is 31.0 Å². The minimum Gasteiger partial charge on any atom is -0.497 e. The maximum absolute atomic E-state index is 10.7. The van der Waals surface area contributed by atoms with Crippen LogP contribution in [0.15, 0.2) is 35.6 Å². The van der Waals surface area contributed by atoms with Crippen molar-refractivity contribution in [2.24, 2.45) is 0 Å². The lowest BCUT2D eigenvalue weighted by Crippen LogP contribution is -2.07. The third kappa shape index (κ3) is 4.26. The Morgan fingerprint density at radius 1 is 1.48 bits per heavy atom. The summed E-state index contributed by atoms with van der Waals surface area (Å²) in [5, 5.41) is 9.51. The summed E-state index contributed by atoms with van der Waals surface area (Å²) in [5.74, 6) is 0.0330. The summed E-state index contributed by atoms with van der Waals surface area (Å²) < 4.78 is 7.26. The Kier molecular flexibility index (Phi) is 5.27. The molecule has 0 fully saturated rings. The lowest BCUT2D eigenvalue weighted by atomic mass is 10.1. The molecule has 0 saturated carbocycles. The van der Waals surface area contributed by atoms with Gasteiger partial charge in [0.15, 0.2) is 5.16 Å². The molecular weight excluding hydrogens is 288 g/mol. The fourth-order valence-corrected chi connectivity index (χ4v) is 2.79. The van der Waals surface area contributed by atoms with Crippen molar-refractivity contribution in [3.05, 3.63) is 41.7 Å². The van der Waals surface area contributed by atoms with E-state index in [0.29, 0.717) is 0 Å². The number of rotatable bonds is 7. The van der Waals surface area contributed by atoms with Crippen LogP contribution in [0, 0.1) is 6.92 Å². The smallest absolute Gasteiger partial charge is 0.313 e. The number of methoxy groups -OCH3 is 1. The molecule has 0 spiro atoms. The van der Waals surface area contributed by atoms with Gasteiger partial charge >= 0.3 is 5.97 Å². The molecule has 0 bridgehead atoms. The van der Waals surface area contributed by atoms with Crippen molar-refractivity contribution in [1.82, 2.24) is 9.55 Å². The van der Waals surface area contributed by atoms with Gasteiger partial charge in [-0.2, -0.15) is 0 Å². The van der Waals surface area contributed by atoms with Crippen molar-refractivity contribution in [1.29, 1.82) is 0 Å². The second-order valence-corrected chi connectivity index (χ2v) is 5.56. The van der Waals surface area contributed by atoms with Crippen LogP contribution in [0.3, 0.4) is 0 Å². The van der Waals surface area contributed by atoms with E-state index in [9.17, 15) is 4.79 Å². The Hall–Kier alpha value is -1.95. The summed E-state index contributed by atoms with van der Waals surface area (Å²) in [6.07, 6.45) is 2.62. The normalized spacial score (nSPS) is 10.6. The molecule has 0 aliphatic heterocycles. The molecule has 1 N–H and O–H groups in total. The first-order valence-corrected chi connectivity index (χ1v) is 7.58. The number of imidazole rings is 1. The number of ether oxygens (including phenoxy) is 1. The molecule has 2 rings (SSSR count). The van der Waals surface area contributed by atoms with Crippen molar-refractivity contribution in [2.75, 3.05) is 12.9 Å². The van der Waals surface area contributed by atoms with Crippen molar-refractivity contribution in [3.8, 4) is 5.75 Å². The number of thioether (sulfide) groups is 1. The van der Waals surface area contributed by atoms with E-state index in [4.69, 9.17) is 9.84 Å². The van der Waals surface area contributed by atoms with Gasteiger partial charge in [-0.3, -0.25) is 4.79 Å². The molecule has 0 saturated heterocycles. The Morgan fingerprint density at radius 3 is 3.00 bits per heavy atom. The van der Waals surface area contributed by atoms with Gasteiger partial charge in [0.1, 0.15) is 5.75 Å². The van der Waals surface area contributed by atoms with Crippen molar-refractivity contribution < 1.29 is 14.6 Å². The zero-order chi connectivity index (χ0) is 15.2. The SMILES string of the molecule is COc1cccc(CCn2c(C)cnc2SCC(=O)O)c1. The third-order valence-corrected chi connectivity index (χ3v) is 4.08. The number of benzene rings is 1. The molecule has 0 amide bonds. The summed E-state index contributed by atoms with van der Waals surface area (Å²) >= 11 is 1.25. The van der Waals surface area contributed by atoms with Crippen LogP contribution in [0.5, 0.6) is 5.75 Å². The van der Waals surface area contributed by atoms with Gasteiger partial charge in [-0.25, -0.2) is 4.98 Å². The Morgan fingerprint density at radius 2 is 2.29 bits per heavy atom. The standard InChI is InChI=1S/C15H18N2O3S/c1-11-9-16-15(21-10-14(18)19)17(11)7-6-12-4-3-5-13(8-12)20-2/h3-5,8-9H,6-7,10H2,1-2H3,(H,18,19). The molecular formula is C15H18N2O3S. The maximum atomic E-state index is 10.7. The van der Waals surface area contributed by atoms with Crippen LogP contribution in [-0.2, 0) is 17.8 Å². The van der Waals surface area contributed by atoms with E-state index in [-0.39, 0.29) is 5.75 Å². The minimum absolute atomic E-state index is 0.0234. The average molecular weight is 306 g/mol. The summed E-state index contributed by atoms with van der Waals surface area (Å²) in [6.45, 7) is 2.74. The summed E-state index contributed by atoms with van der Waals surface area (Å²) in [6, 6.07) is 7.95. The van der Waals surface area contributed by atoms with Crippen LogP contribution in [0.2, 0.25) is 0 Å². The molecule has 6 heteroatoms. The quantitative estimate of drug-likeness (QED) is 0.797. The van der Waals surface area contributed by atoms with Crippen LogP contribution < -0.4 is 4.74 Å². The average Bonchev–Trinajstić information content (AvgIpc) is 2.83. The molecule has 112 valence electrons. The van der Waals surface area contributed by atoms with Crippen LogP contribution in [-0.4, -0.2) is 33.5 Å². The van der Waals surface area contributed by atoms with Gasteiger partial charge in [0.25, 0.3) is 0 Å².